The van der Waals surface area contributed by atoms with Gasteiger partial charge >= 0.3 is 0 Å². The highest BCUT2D eigenvalue weighted by Gasteiger charge is 2.24. The lowest BCUT2D eigenvalue weighted by molar-refractivity contribution is 0.586. The van der Waals surface area contributed by atoms with E-state index in [1.807, 2.05) is 36.6 Å². The second-order valence-corrected chi connectivity index (χ2v) is 8.01. The first-order valence-electron chi connectivity index (χ1n) is 8.75. The minimum Gasteiger partial charge on any atom is -0.356 e. The van der Waals surface area contributed by atoms with Crippen molar-refractivity contribution in [2.45, 2.75) is 36.8 Å². The molecule has 6 heteroatoms. The molecule has 1 fully saturated rings. The number of benzene rings is 1. The first-order chi connectivity index (χ1) is 12.1. The van der Waals surface area contributed by atoms with Crippen molar-refractivity contribution in [1.82, 2.24) is 19.7 Å². The Morgan fingerprint density at radius 1 is 1.08 bits per heavy atom. The molecule has 0 bridgehead atoms. The molecular formula is C19H23N5S. The van der Waals surface area contributed by atoms with Gasteiger partial charge in [-0.1, -0.05) is 18.2 Å². The Kier molecular flexibility index (Phi) is 4.37. The molecule has 0 N–H and O–H groups in total. The summed E-state index contributed by atoms with van der Waals surface area (Å²) in [5.74, 6) is 1.84. The van der Waals surface area contributed by atoms with Gasteiger partial charge in [0.15, 0.2) is 5.65 Å². The monoisotopic (exact) mass is 353 g/mol. The van der Waals surface area contributed by atoms with Crippen LogP contribution in [0.1, 0.15) is 24.2 Å². The van der Waals surface area contributed by atoms with Crippen molar-refractivity contribution in [1.29, 1.82) is 0 Å². The lowest BCUT2D eigenvalue weighted by atomic mass is 10.1. The highest BCUT2D eigenvalue weighted by molar-refractivity contribution is 8.00. The van der Waals surface area contributed by atoms with Crippen LogP contribution >= 0.6 is 11.8 Å². The van der Waals surface area contributed by atoms with Crippen LogP contribution < -0.4 is 4.90 Å². The molecule has 0 spiro atoms. The van der Waals surface area contributed by atoms with Crippen LogP contribution in [0.5, 0.6) is 0 Å². The lowest BCUT2D eigenvalue weighted by Gasteiger charge is -2.33. The van der Waals surface area contributed by atoms with Gasteiger partial charge in [-0.2, -0.15) is 5.10 Å². The van der Waals surface area contributed by atoms with E-state index in [4.69, 9.17) is 4.98 Å². The Labute approximate surface area is 152 Å². The number of aromatic nitrogens is 4. The highest BCUT2D eigenvalue weighted by Crippen LogP contribution is 2.34. The fourth-order valence-corrected chi connectivity index (χ4v) is 4.62. The molecule has 3 heterocycles. The molecule has 1 aliphatic heterocycles. The van der Waals surface area contributed by atoms with Gasteiger partial charge < -0.3 is 4.90 Å². The predicted molar refractivity (Wildman–Crippen MR) is 103 cm³/mol. The summed E-state index contributed by atoms with van der Waals surface area (Å²) in [6.07, 6.45) is 4.23. The molecule has 4 rings (SSSR count). The van der Waals surface area contributed by atoms with E-state index in [-0.39, 0.29) is 0 Å². The standard InChI is InChI=1S/C19H23N5S/c1-13-6-4-5-7-17(13)25-15-8-10-24(11-9-15)19-16-12-20-23(3)18(16)21-14(2)22-19/h4-7,12,15H,8-11H2,1-3H3. The van der Waals surface area contributed by atoms with Crippen LogP contribution in [0.15, 0.2) is 35.4 Å². The molecule has 0 saturated carbocycles. The van der Waals surface area contributed by atoms with E-state index in [1.54, 1.807) is 0 Å². The summed E-state index contributed by atoms with van der Waals surface area (Å²) in [6.45, 7) is 6.21. The van der Waals surface area contributed by atoms with Gasteiger partial charge in [0, 0.05) is 30.3 Å². The zero-order chi connectivity index (χ0) is 17.4. The quantitative estimate of drug-likeness (QED) is 0.718. The number of nitrogens with zero attached hydrogens (tertiary/aromatic N) is 5. The normalized spacial score (nSPS) is 15.9. The van der Waals surface area contributed by atoms with Gasteiger partial charge in [-0.15, -0.1) is 11.8 Å². The second-order valence-electron chi connectivity index (χ2n) is 6.67. The average Bonchev–Trinajstić information content (AvgIpc) is 2.98. The Morgan fingerprint density at radius 2 is 1.84 bits per heavy atom. The smallest absolute Gasteiger partial charge is 0.163 e. The van der Waals surface area contributed by atoms with Crippen molar-refractivity contribution in [2.24, 2.45) is 7.05 Å². The highest BCUT2D eigenvalue weighted by atomic mass is 32.2. The maximum absolute atomic E-state index is 4.72. The largest absolute Gasteiger partial charge is 0.356 e. The SMILES string of the molecule is Cc1nc(N2CCC(Sc3ccccc3C)CC2)c2cnn(C)c2n1. The number of hydrogen-bond acceptors (Lipinski definition) is 5. The zero-order valence-electron chi connectivity index (χ0n) is 14.9. The fraction of sp³-hybridized carbons (Fsp3) is 0.421. The van der Waals surface area contributed by atoms with Crippen molar-refractivity contribution in [2.75, 3.05) is 18.0 Å². The molecular weight excluding hydrogens is 330 g/mol. The van der Waals surface area contributed by atoms with E-state index in [0.29, 0.717) is 5.25 Å². The molecule has 0 unspecified atom stereocenters. The fourth-order valence-electron chi connectivity index (χ4n) is 3.41. The van der Waals surface area contributed by atoms with E-state index in [2.05, 4.69) is 46.2 Å². The van der Waals surface area contributed by atoms with Crippen LogP contribution in [0, 0.1) is 13.8 Å². The minimum absolute atomic E-state index is 0.671. The Hall–Kier alpha value is -2.08. The summed E-state index contributed by atoms with van der Waals surface area (Å²) in [5, 5.41) is 6.08. The van der Waals surface area contributed by atoms with Gasteiger partial charge in [-0.3, -0.25) is 4.68 Å². The molecule has 25 heavy (non-hydrogen) atoms. The van der Waals surface area contributed by atoms with Crippen LogP contribution in [0.2, 0.25) is 0 Å². The number of piperidine rings is 1. The first kappa shape index (κ1) is 16.4. The number of hydrogen-bond donors (Lipinski definition) is 0. The third-order valence-corrected chi connectivity index (χ3v) is 6.33. The molecule has 0 aliphatic carbocycles. The summed E-state index contributed by atoms with van der Waals surface area (Å²) >= 11 is 2.02. The molecule has 0 amide bonds. The molecule has 2 aromatic heterocycles. The van der Waals surface area contributed by atoms with Crippen molar-refractivity contribution >= 4 is 28.6 Å². The van der Waals surface area contributed by atoms with Gasteiger partial charge in [-0.25, -0.2) is 9.97 Å². The van der Waals surface area contributed by atoms with Gasteiger partial charge in [0.25, 0.3) is 0 Å². The molecule has 0 atom stereocenters. The summed E-state index contributed by atoms with van der Waals surface area (Å²) in [5.41, 5.74) is 2.29. The van der Waals surface area contributed by atoms with E-state index in [1.165, 1.54) is 23.3 Å². The number of fused-ring (bicyclic) bond motifs is 1. The molecule has 5 nitrogen and oxygen atoms in total. The van der Waals surface area contributed by atoms with Crippen molar-refractivity contribution in [3.8, 4) is 0 Å². The third kappa shape index (κ3) is 3.23. The lowest BCUT2D eigenvalue weighted by Crippen LogP contribution is -2.35. The minimum atomic E-state index is 0.671. The maximum Gasteiger partial charge on any atom is 0.163 e. The summed E-state index contributed by atoms with van der Waals surface area (Å²) < 4.78 is 1.83. The number of aryl methyl sites for hydroxylation is 3. The average molecular weight is 353 g/mol. The summed E-state index contributed by atoms with van der Waals surface area (Å²) in [4.78, 5) is 13.1. The number of rotatable bonds is 3. The Morgan fingerprint density at radius 3 is 2.60 bits per heavy atom. The van der Waals surface area contributed by atoms with Crippen molar-refractivity contribution in [3.05, 3.63) is 41.9 Å². The van der Waals surface area contributed by atoms with Crippen LogP contribution in [0.25, 0.3) is 11.0 Å². The number of anilines is 1. The van der Waals surface area contributed by atoms with Crippen LogP contribution in [-0.4, -0.2) is 38.1 Å². The first-order valence-corrected chi connectivity index (χ1v) is 9.63. The van der Waals surface area contributed by atoms with Crippen LogP contribution in [0.4, 0.5) is 5.82 Å². The van der Waals surface area contributed by atoms with Crippen molar-refractivity contribution < 1.29 is 0 Å². The van der Waals surface area contributed by atoms with Gasteiger partial charge in [0.1, 0.15) is 11.6 Å². The topological polar surface area (TPSA) is 46.8 Å². The van der Waals surface area contributed by atoms with Crippen LogP contribution in [-0.2, 0) is 7.05 Å². The maximum atomic E-state index is 4.72. The van der Waals surface area contributed by atoms with Gasteiger partial charge in [-0.05, 0) is 38.3 Å². The molecule has 1 saturated heterocycles. The zero-order valence-corrected chi connectivity index (χ0v) is 15.8. The second kappa shape index (κ2) is 6.67. The summed E-state index contributed by atoms with van der Waals surface area (Å²) in [7, 11) is 1.93. The molecule has 1 aliphatic rings. The number of thioether (sulfide) groups is 1. The molecule has 0 radical (unpaired) electrons. The third-order valence-electron chi connectivity index (χ3n) is 4.81. The Balaban J connectivity index is 1.50. The van der Waals surface area contributed by atoms with Crippen molar-refractivity contribution in [3.63, 3.8) is 0 Å². The molecule has 3 aromatic rings. The van der Waals surface area contributed by atoms with E-state index >= 15 is 0 Å². The van der Waals surface area contributed by atoms with Gasteiger partial charge in [0.05, 0.1) is 11.6 Å². The van der Waals surface area contributed by atoms with Gasteiger partial charge in [0.2, 0.25) is 0 Å². The van der Waals surface area contributed by atoms with E-state index in [0.717, 1.165) is 35.8 Å². The van der Waals surface area contributed by atoms with E-state index < -0.39 is 0 Å². The van der Waals surface area contributed by atoms with Crippen LogP contribution in [0.3, 0.4) is 0 Å². The Bertz CT molecular complexity index is 896. The molecule has 1 aromatic carbocycles. The molecule has 130 valence electrons. The summed E-state index contributed by atoms with van der Waals surface area (Å²) in [6, 6.07) is 8.67. The predicted octanol–water partition coefficient (Wildman–Crippen LogP) is 3.74. The van der Waals surface area contributed by atoms with E-state index in [9.17, 15) is 0 Å².